The number of benzene rings is 3. The molecule has 0 aliphatic carbocycles. The molecule has 0 saturated heterocycles. The van der Waals surface area contributed by atoms with Gasteiger partial charge in [-0.05, 0) is 73.1 Å². The Hall–Kier alpha value is -0.470. The van der Waals surface area contributed by atoms with Crippen molar-refractivity contribution in [1.82, 2.24) is 0 Å². The first-order valence-corrected chi connectivity index (χ1v) is 14.1. The van der Waals surface area contributed by atoms with Crippen molar-refractivity contribution in [2.45, 2.75) is 20.8 Å². The normalized spacial score (nSPS) is 10.9. The van der Waals surface area contributed by atoms with Gasteiger partial charge in [-0.15, -0.1) is 0 Å². The monoisotopic (exact) mass is 569 g/mol. The maximum Gasteiger partial charge on any atom is 0.127 e. The van der Waals surface area contributed by atoms with Gasteiger partial charge in [0.15, 0.2) is 0 Å². The second-order valence-electron chi connectivity index (χ2n) is 6.54. The molecule has 0 amide bonds. The molecule has 142 valence electrons. The van der Waals surface area contributed by atoms with Gasteiger partial charge < -0.3 is 0 Å². The highest BCUT2D eigenvalue weighted by Gasteiger charge is 2.44. The predicted molar refractivity (Wildman–Crippen MR) is 136 cm³/mol. The van der Waals surface area contributed by atoms with Crippen molar-refractivity contribution in [1.29, 1.82) is 0 Å². The molecule has 3 aromatic carbocycles. The third-order valence-corrected chi connectivity index (χ3v) is 10.8. The number of halogens is 3. The molecule has 0 aliphatic heterocycles. The minimum absolute atomic E-state index is 0.875. The van der Waals surface area contributed by atoms with Gasteiger partial charge in [0.05, 0.1) is 4.24 Å². The Morgan fingerprint density at radius 3 is 0.926 bits per heavy atom. The van der Waals surface area contributed by atoms with Gasteiger partial charge >= 0.3 is 0 Å². The lowest BCUT2D eigenvalue weighted by molar-refractivity contribution is 1.48. The van der Waals surface area contributed by atoms with E-state index >= 15 is 0 Å². The Balaban J connectivity index is 0.000000817. The van der Waals surface area contributed by atoms with Crippen molar-refractivity contribution in [2.75, 3.05) is 9.31 Å². The Kier molecular flexibility index (Phi) is 9.22. The molecule has 0 heterocycles. The Morgan fingerprint density at radius 1 is 0.519 bits per heavy atom. The van der Waals surface area contributed by atoms with Crippen molar-refractivity contribution in [2.24, 2.45) is 0 Å². The molecule has 3 rings (SSSR count). The first-order valence-electron chi connectivity index (χ1n) is 8.75. The molecule has 0 bridgehead atoms. The summed E-state index contributed by atoms with van der Waals surface area (Å²) < 4.78 is 0.875. The molecule has 0 radical (unpaired) electrons. The zero-order valence-electron chi connectivity index (χ0n) is 15.9. The average Bonchev–Trinajstić information content (AvgIpc) is 2.67. The van der Waals surface area contributed by atoms with Crippen LogP contribution in [0.1, 0.15) is 16.7 Å². The summed E-state index contributed by atoms with van der Waals surface area (Å²) in [4.78, 5) is 0. The third-order valence-electron chi connectivity index (χ3n) is 4.60. The predicted octanol–water partition coefficient (Wildman–Crippen LogP) is 6.99. The number of alkyl halides is 3. The Bertz CT molecular complexity index is 714. The highest BCUT2D eigenvalue weighted by molar-refractivity contribution is 9.24. The van der Waals surface area contributed by atoms with Crippen LogP contribution >= 0.6 is 55.1 Å². The molecule has 0 fully saturated rings. The molecule has 3 aromatic rings. The van der Waals surface area contributed by atoms with E-state index in [2.05, 4.69) is 141 Å². The molecule has 0 N–H and O–H groups in total. The van der Waals surface area contributed by atoms with Crippen molar-refractivity contribution in [3.8, 4) is 0 Å². The molecule has 0 unspecified atom stereocenters. The summed E-state index contributed by atoms with van der Waals surface area (Å²) in [6, 6.07) is 27.2. The summed E-state index contributed by atoms with van der Waals surface area (Å²) in [6.07, 6.45) is 0. The van der Waals surface area contributed by atoms with Gasteiger partial charge in [0.1, 0.15) is 28.2 Å². The van der Waals surface area contributed by atoms with Gasteiger partial charge in [0, 0.05) is 0 Å². The number of rotatable bonds is 4. The third kappa shape index (κ3) is 5.54. The van der Waals surface area contributed by atoms with Gasteiger partial charge in [-0.25, -0.2) is 0 Å². The van der Waals surface area contributed by atoms with Gasteiger partial charge in [-0.2, -0.15) is 0 Å². The highest BCUT2D eigenvalue weighted by atomic mass is 79.9. The molecule has 0 saturated carbocycles. The van der Waals surface area contributed by atoms with Gasteiger partial charge in [-0.1, -0.05) is 84.9 Å². The second-order valence-corrected chi connectivity index (χ2v) is 14.1. The van der Waals surface area contributed by atoms with E-state index in [1.165, 1.54) is 32.6 Å². The Morgan fingerprint density at radius 2 is 0.741 bits per heavy atom. The van der Waals surface area contributed by atoms with Crippen LogP contribution in [0.2, 0.25) is 0 Å². The van der Waals surface area contributed by atoms with Gasteiger partial charge in [0.25, 0.3) is 0 Å². The minimum Gasteiger partial charge on any atom is -0.0802 e. The fourth-order valence-electron chi connectivity index (χ4n) is 3.05. The SMILES string of the molecule is BrCBr.Cc1ccc([P+](CBr)(c2ccc(C)cc2)c2ccc(C)cc2)cc1. The van der Waals surface area contributed by atoms with Gasteiger partial charge in [-0.3, -0.25) is 0 Å². The van der Waals surface area contributed by atoms with Crippen LogP contribution in [0, 0.1) is 20.8 Å². The number of aryl methyl sites for hydroxylation is 3. The smallest absolute Gasteiger partial charge is 0.0802 e. The van der Waals surface area contributed by atoms with Crippen LogP contribution in [-0.2, 0) is 0 Å². The van der Waals surface area contributed by atoms with E-state index in [1.807, 2.05) is 0 Å². The maximum absolute atomic E-state index is 3.89. The van der Waals surface area contributed by atoms with E-state index < -0.39 is 7.26 Å². The van der Waals surface area contributed by atoms with E-state index in [0.717, 1.165) is 9.31 Å². The quantitative estimate of drug-likeness (QED) is 0.234. The zero-order chi connectivity index (χ0) is 19.9. The lowest BCUT2D eigenvalue weighted by Gasteiger charge is -2.26. The first-order chi connectivity index (χ1) is 13.0. The van der Waals surface area contributed by atoms with E-state index in [9.17, 15) is 0 Å². The first kappa shape index (κ1) is 22.8. The summed E-state index contributed by atoms with van der Waals surface area (Å²) in [5.41, 5.74) is 3.91. The fraction of sp³-hybridized carbons (Fsp3) is 0.217. The summed E-state index contributed by atoms with van der Waals surface area (Å²) >= 11 is 10.0. The van der Waals surface area contributed by atoms with E-state index in [0.29, 0.717) is 0 Å². The van der Waals surface area contributed by atoms with Gasteiger partial charge in [0.2, 0.25) is 0 Å². The van der Waals surface area contributed by atoms with Crippen LogP contribution in [0.4, 0.5) is 0 Å². The van der Waals surface area contributed by atoms with Crippen LogP contribution in [0.5, 0.6) is 0 Å². The molecule has 4 heteroatoms. The molecule has 0 spiro atoms. The van der Waals surface area contributed by atoms with Crippen molar-refractivity contribution < 1.29 is 0 Å². The van der Waals surface area contributed by atoms with Crippen LogP contribution in [0.15, 0.2) is 72.8 Å². The lowest BCUT2D eigenvalue weighted by atomic mass is 10.2. The van der Waals surface area contributed by atoms with Crippen LogP contribution in [0.3, 0.4) is 0 Å². The lowest BCUT2D eigenvalue weighted by Crippen LogP contribution is -2.32. The number of hydrogen-bond donors (Lipinski definition) is 0. The molecular formula is C23H25Br3P+. The molecular weight excluding hydrogens is 547 g/mol. The summed E-state index contributed by atoms with van der Waals surface area (Å²) in [7, 11) is -1.68. The summed E-state index contributed by atoms with van der Waals surface area (Å²) in [5.74, 6) is 0. The topological polar surface area (TPSA) is 0 Å². The highest BCUT2D eigenvalue weighted by Crippen LogP contribution is 2.56. The van der Waals surface area contributed by atoms with Crippen molar-refractivity contribution >= 4 is 71.0 Å². The molecule has 27 heavy (non-hydrogen) atoms. The van der Waals surface area contributed by atoms with Crippen molar-refractivity contribution in [3.05, 3.63) is 89.5 Å². The van der Waals surface area contributed by atoms with Crippen LogP contribution in [-0.4, -0.2) is 9.31 Å². The largest absolute Gasteiger partial charge is 0.127 e. The standard InChI is InChI=1S/C22H23BrP.CH2Br2/c1-17-4-10-20(11-5-17)24(16-23,21-12-6-18(2)7-13-21)22-14-8-19(3)9-15-22;2-1-3/h4-15H,16H2,1-3H3;1H2/q+1;. The van der Waals surface area contributed by atoms with E-state index in [1.54, 1.807) is 0 Å². The average molecular weight is 572 g/mol. The second kappa shape index (κ2) is 10.9. The minimum atomic E-state index is -1.68. The van der Waals surface area contributed by atoms with Crippen molar-refractivity contribution in [3.63, 3.8) is 0 Å². The molecule has 0 aromatic heterocycles. The molecule has 0 nitrogen and oxygen atoms in total. The zero-order valence-corrected chi connectivity index (χ0v) is 21.6. The Labute approximate surface area is 189 Å². The summed E-state index contributed by atoms with van der Waals surface area (Å²) in [5, 5.41) is 5.24. The maximum atomic E-state index is 3.89. The van der Waals surface area contributed by atoms with E-state index in [4.69, 9.17) is 0 Å². The van der Waals surface area contributed by atoms with Crippen LogP contribution in [0.25, 0.3) is 0 Å². The molecule has 0 aliphatic rings. The number of hydrogen-bond acceptors (Lipinski definition) is 0. The van der Waals surface area contributed by atoms with Crippen LogP contribution < -0.4 is 15.9 Å². The van der Waals surface area contributed by atoms with E-state index in [-0.39, 0.29) is 0 Å². The molecule has 0 atom stereocenters. The fourth-order valence-corrected chi connectivity index (χ4v) is 8.94. The summed E-state index contributed by atoms with van der Waals surface area (Å²) in [6.45, 7) is 6.45.